The van der Waals surface area contributed by atoms with Gasteiger partial charge >= 0.3 is 0 Å². The lowest BCUT2D eigenvalue weighted by Gasteiger charge is -2.15. The highest BCUT2D eigenvalue weighted by Crippen LogP contribution is 2.27. The minimum absolute atomic E-state index is 0.0932. The molecule has 0 spiro atoms. The molecule has 2 nitrogen and oxygen atoms in total. The lowest BCUT2D eigenvalue weighted by Crippen LogP contribution is -2.11. The van der Waals surface area contributed by atoms with Crippen molar-refractivity contribution in [2.24, 2.45) is 0 Å². The summed E-state index contributed by atoms with van der Waals surface area (Å²) in [7, 11) is 0. The normalized spacial score (nSPS) is 11.6. The summed E-state index contributed by atoms with van der Waals surface area (Å²) < 4.78 is 0. The second kappa shape index (κ2) is 6.80. The molecule has 0 bridgehead atoms. The Kier molecular flexibility index (Phi) is 5.37. The van der Waals surface area contributed by atoms with Gasteiger partial charge in [-0.15, -0.1) is 0 Å². The molecule has 0 aliphatic carbocycles. The minimum Gasteiger partial charge on any atom is -0.322 e. The average Bonchev–Trinajstić information content (AvgIpc) is 2.31. The van der Waals surface area contributed by atoms with Gasteiger partial charge < -0.3 is 5.32 Å². The maximum Gasteiger partial charge on any atom is 0.248 e. The number of benzene rings is 1. The van der Waals surface area contributed by atoms with Crippen LogP contribution in [0.4, 0.5) is 5.69 Å². The fraction of sp³-hybridized carbons (Fsp3) is 0.312. The molecule has 1 N–H and O–H groups in total. The number of carbonyl (C=O) groups is 1. The Balaban J connectivity index is 2.93. The van der Waals surface area contributed by atoms with E-state index < -0.39 is 0 Å². The summed E-state index contributed by atoms with van der Waals surface area (Å²) in [4.78, 5) is 11.8. The maximum atomic E-state index is 11.8. The van der Waals surface area contributed by atoms with Crippen LogP contribution in [-0.2, 0) is 4.79 Å². The third kappa shape index (κ3) is 3.88. The topological polar surface area (TPSA) is 29.1 Å². The molecule has 1 rings (SSSR count). The third-order valence-electron chi connectivity index (χ3n) is 2.73. The number of amides is 1. The Labute approximate surface area is 109 Å². The highest BCUT2D eigenvalue weighted by Gasteiger charge is 2.10. The van der Waals surface area contributed by atoms with E-state index in [4.69, 9.17) is 0 Å². The van der Waals surface area contributed by atoms with Gasteiger partial charge in [-0.05, 0) is 30.9 Å². The summed E-state index contributed by atoms with van der Waals surface area (Å²) in [6.07, 6.45) is 7.00. The second-order valence-corrected chi connectivity index (χ2v) is 4.57. The number of hydrogen-bond acceptors (Lipinski definition) is 1. The quantitative estimate of drug-likeness (QED) is 0.623. The van der Waals surface area contributed by atoms with E-state index in [1.807, 2.05) is 38.1 Å². The Bertz CT molecular complexity index is 470. The first-order valence-electron chi connectivity index (χ1n) is 6.26. The zero-order valence-electron chi connectivity index (χ0n) is 11.5. The van der Waals surface area contributed by atoms with Gasteiger partial charge in [0.1, 0.15) is 0 Å². The van der Waals surface area contributed by atoms with Gasteiger partial charge in [-0.2, -0.15) is 0 Å². The van der Waals surface area contributed by atoms with Gasteiger partial charge in [-0.25, -0.2) is 0 Å². The molecule has 0 aromatic heterocycles. The van der Waals surface area contributed by atoms with Gasteiger partial charge in [0.05, 0.1) is 0 Å². The number of rotatable bonds is 4. The number of anilines is 1. The number of hydrogen-bond donors (Lipinski definition) is 1. The van der Waals surface area contributed by atoms with Crippen LogP contribution in [0.5, 0.6) is 0 Å². The molecule has 0 saturated heterocycles. The third-order valence-corrected chi connectivity index (χ3v) is 2.73. The highest BCUT2D eigenvalue weighted by molar-refractivity contribution is 6.00. The second-order valence-electron chi connectivity index (χ2n) is 4.57. The molecule has 0 fully saturated rings. The Morgan fingerprint density at radius 1 is 1.28 bits per heavy atom. The van der Waals surface area contributed by atoms with E-state index in [9.17, 15) is 4.79 Å². The van der Waals surface area contributed by atoms with Crippen molar-refractivity contribution >= 4 is 11.6 Å². The van der Waals surface area contributed by atoms with Crippen LogP contribution < -0.4 is 5.32 Å². The Morgan fingerprint density at radius 3 is 2.61 bits per heavy atom. The van der Waals surface area contributed by atoms with Gasteiger partial charge in [0.25, 0.3) is 0 Å². The molecule has 18 heavy (non-hydrogen) atoms. The first-order valence-corrected chi connectivity index (χ1v) is 6.26. The summed E-state index contributed by atoms with van der Waals surface area (Å²) in [6.45, 7) is 8.18. The predicted octanol–water partition coefficient (Wildman–Crippen LogP) is 4.19. The molecular weight excluding hydrogens is 222 g/mol. The van der Waals surface area contributed by atoms with E-state index in [1.165, 1.54) is 11.6 Å². The predicted molar refractivity (Wildman–Crippen MR) is 77.9 cm³/mol. The SMILES string of the molecule is CC=CC=CC(=O)Nc1c(C)cccc1C(C)C. The van der Waals surface area contributed by atoms with E-state index in [0.717, 1.165) is 11.3 Å². The number of nitrogens with one attached hydrogen (secondary N) is 1. The zero-order chi connectivity index (χ0) is 13.5. The van der Waals surface area contributed by atoms with Crippen molar-refractivity contribution in [1.29, 1.82) is 0 Å². The monoisotopic (exact) mass is 243 g/mol. The standard InChI is InChI=1S/C16H21NO/c1-5-6-7-11-15(18)17-16-13(4)9-8-10-14(16)12(2)3/h5-12H,1-4H3,(H,17,18). The molecule has 0 heterocycles. The van der Waals surface area contributed by atoms with E-state index in [0.29, 0.717) is 5.92 Å². The van der Waals surface area contributed by atoms with E-state index in [-0.39, 0.29) is 5.91 Å². The summed E-state index contributed by atoms with van der Waals surface area (Å²) in [5, 5.41) is 2.96. The Hall–Kier alpha value is -1.83. The number of para-hydroxylation sites is 1. The molecule has 96 valence electrons. The van der Waals surface area contributed by atoms with Crippen LogP contribution in [0.15, 0.2) is 42.5 Å². The van der Waals surface area contributed by atoms with Gasteiger partial charge in [-0.3, -0.25) is 4.79 Å². The number of allylic oxidation sites excluding steroid dienone is 3. The summed E-state index contributed by atoms with van der Waals surface area (Å²) in [6, 6.07) is 6.09. The summed E-state index contributed by atoms with van der Waals surface area (Å²) in [5.41, 5.74) is 3.19. The molecule has 2 heteroatoms. The van der Waals surface area contributed by atoms with Gasteiger partial charge in [0.15, 0.2) is 0 Å². The van der Waals surface area contributed by atoms with Crippen molar-refractivity contribution < 1.29 is 4.79 Å². The van der Waals surface area contributed by atoms with Crippen LogP contribution >= 0.6 is 0 Å². The van der Waals surface area contributed by atoms with Crippen LogP contribution in [0, 0.1) is 6.92 Å². The van der Waals surface area contributed by atoms with Gasteiger partial charge in [0.2, 0.25) is 5.91 Å². The van der Waals surface area contributed by atoms with E-state index in [2.05, 4.69) is 25.2 Å². The van der Waals surface area contributed by atoms with Crippen LogP contribution in [-0.4, -0.2) is 5.91 Å². The van der Waals surface area contributed by atoms with E-state index in [1.54, 1.807) is 6.08 Å². The lowest BCUT2D eigenvalue weighted by molar-refractivity contribution is -0.111. The van der Waals surface area contributed by atoms with Crippen molar-refractivity contribution in [3.8, 4) is 0 Å². The van der Waals surface area contributed by atoms with E-state index >= 15 is 0 Å². The molecular formula is C16H21NO. The molecule has 1 aromatic carbocycles. The van der Waals surface area contributed by atoms with Crippen LogP contribution in [0.1, 0.15) is 37.8 Å². The fourth-order valence-corrected chi connectivity index (χ4v) is 1.76. The smallest absolute Gasteiger partial charge is 0.248 e. The summed E-state index contributed by atoms with van der Waals surface area (Å²) in [5.74, 6) is 0.295. The fourth-order valence-electron chi connectivity index (χ4n) is 1.76. The zero-order valence-corrected chi connectivity index (χ0v) is 11.5. The van der Waals surface area contributed by atoms with Crippen molar-refractivity contribution in [2.75, 3.05) is 5.32 Å². The van der Waals surface area contributed by atoms with Crippen molar-refractivity contribution in [3.05, 3.63) is 53.6 Å². The van der Waals surface area contributed by atoms with Gasteiger partial charge in [-0.1, -0.05) is 50.3 Å². The largest absolute Gasteiger partial charge is 0.322 e. The first-order chi connectivity index (χ1) is 8.56. The average molecular weight is 243 g/mol. The molecule has 0 aliphatic heterocycles. The number of aryl methyl sites for hydroxylation is 1. The highest BCUT2D eigenvalue weighted by atomic mass is 16.1. The maximum absolute atomic E-state index is 11.8. The van der Waals surface area contributed by atoms with Crippen molar-refractivity contribution in [1.82, 2.24) is 0 Å². The molecule has 0 atom stereocenters. The Morgan fingerprint density at radius 2 is 2.00 bits per heavy atom. The summed E-state index contributed by atoms with van der Waals surface area (Å²) >= 11 is 0. The molecule has 1 amide bonds. The van der Waals surface area contributed by atoms with Crippen LogP contribution in [0.25, 0.3) is 0 Å². The molecule has 0 saturated carbocycles. The van der Waals surface area contributed by atoms with Crippen molar-refractivity contribution in [2.45, 2.75) is 33.6 Å². The lowest BCUT2D eigenvalue weighted by atomic mass is 9.98. The van der Waals surface area contributed by atoms with Gasteiger partial charge in [0, 0.05) is 11.8 Å². The van der Waals surface area contributed by atoms with Crippen LogP contribution in [0.3, 0.4) is 0 Å². The van der Waals surface area contributed by atoms with Crippen molar-refractivity contribution in [3.63, 3.8) is 0 Å². The first kappa shape index (κ1) is 14.2. The molecule has 0 radical (unpaired) electrons. The molecule has 1 aromatic rings. The minimum atomic E-state index is -0.0932. The number of carbonyl (C=O) groups excluding carboxylic acids is 1. The van der Waals surface area contributed by atoms with Crippen LogP contribution in [0.2, 0.25) is 0 Å². The molecule has 0 aliphatic rings. The molecule has 0 unspecified atom stereocenters.